The number of carbonyl (C=O) groups is 1. The molecule has 188 valence electrons. The maximum absolute atomic E-state index is 13.2. The summed E-state index contributed by atoms with van der Waals surface area (Å²) in [6.45, 7) is 9.47. The van der Waals surface area contributed by atoms with Gasteiger partial charge in [0.1, 0.15) is 16.9 Å². The molecule has 2 aromatic heterocycles. The van der Waals surface area contributed by atoms with Crippen molar-refractivity contribution in [3.8, 4) is 11.3 Å². The summed E-state index contributed by atoms with van der Waals surface area (Å²) in [5.74, 6) is 0.103. The Morgan fingerprint density at radius 1 is 1.03 bits per heavy atom. The minimum absolute atomic E-state index is 0.103. The van der Waals surface area contributed by atoms with Crippen LogP contribution in [0.5, 0.6) is 0 Å². The molecule has 0 bridgehead atoms. The number of hydrogen-bond acceptors (Lipinski definition) is 5. The smallest absolute Gasteiger partial charge is 0.340 e. The summed E-state index contributed by atoms with van der Waals surface area (Å²) in [4.78, 5) is 29.3. The lowest BCUT2D eigenvalue weighted by Gasteiger charge is -2.22. The Balaban J connectivity index is 1.57. The number of para-hydroxylation sites is 1. The van der Waals surface area contributed by atoms with Gasteiger partial charge in [-0.15, -0.1) is 0 Å². The molecule has 6 nitrogen and oxygen atoms in total. The van der Waals surface area contributed by atoms with Gasteiger partial charge in [-0.1, -0.05) is 30.3 Å². The van der Waals surface area contributed by atoms with E-state index in [1.54, 1.807) is 12.1 Å². The molecule has 37 heavy (non-hydrogen) atoms. The highest BCUT2D eigenvalue weighted by Gasteiger charge is 2.22. The van der Waals surface area contributed by atoms with Gasteiger partial charge in [0.25, 0.3) is 0 Å². The average molecular weight is 495 g/mol. The van der Waals surface area contributed by atoms with Crippen LogP contribution in [0.1, 0.15) is 55.2 Å². The number of carbonyl (C=O) groups excluding carboxylic acids is 1. The van der Waals surface area contributed by atoms with Crippen molar-refractivity contribution in [2.45, 2.75) is 46.3 Å². The molecule has 5 rings (SSSR count). The second-order valence-corrected chi connectivity index (χ2v) is 10.4. The molecule has 0 amide bonds. The summed E-state index contributed by atoms with van der Waals surface area (Å²) in [5.41, 5.74) is 4.47. The maximum Gasteiger partial charge on any atom is 0.340 e. The van der Waals surface area contributed by atoms with E-state index in [1.807, 2.05) is 95.4 Å². The fraction of sp³-hybridized carbons (Fsp3) is 0.226. The molecule has 2 heterocycles. The van der Waals surface area contributed by atoms with Crippen LogP contribution in [0.4, 0.5) is 5.69 Å². The molecule has 5 aromatic rings. The van der Waals surface area contributed by atoms with E-state index in [-0.39, 0.29) is 11.5 Å². The van der Waals surface area contributed by atoms with Crippen molar-refractivity contribution in [1.82, 2.24) is 4.98 Å². The number of fused-ring (bicyclic) bond motifs is 2. The Hall–Kier alpha value is -4.32. The summed E-state index contributed by atoms with van der Waals surface area (Å²) >= 11 is 0. The van der Waals surface area contributed by atoms with Gasteiger partial charge in [-0.3, -0.25) is 4.79 Å². The lowest BCUT2D eigenvalue weighted by molar-refractivity contribution is 0.00706. The SMILES string of the molecule is Cc1cc(C(C)Nc2ccccc2C(=O)OC(C)(C)C)c2oc(-c3ccc4cc[nH]c4c3)cc(=O)c2c1. The first-order chi connectivity index (χ1) is 17.6. The molecular weight excluding hydrogens is 464 g/mol. The Kier molecular flexibility index (Phi) is 6.12. The molecule has 1 unspecified atom stereocenters. The number of H-pyrrole nitrogens is 1. The lowest BCUT2D eigenvalue weighted by Crippen LogP contribution is -2.24. The molecule has 0 aliphatic rings. The van der Waals surface area contributed by atoms with Gasteiger partial charge in [-0.25, -0.2) is 4.79 Å². The Labute approximate surface area is 215 Å². The number of rotatable bonds is 5. The Morgan fingerprint density at radius 3 is 2.59 bits per heavy atom. The van der Waals surface area contributed by atoms with Gasteiger partial charge in [0.2, 0.25) is 0 Å². The minimum atomic E-state index is -0.606. The van der Waals surface area contributed by atoms with Crippen molar-refractivity contribution >= 4 is 33.5 Å². The number of ether oxygens (including phenoxy) is 1. The van der Waals surface area contributed by atoms with Crippen LogP contribution in [-0.4, -0.2) is 16.6 Å². The first-order valence-electron chi connectivity index (χ1n) is 12.3. The first-order valence-corrected chi connectivity index (χ1v) is 12.3. The summed E-state index contributed by atoms with van der Waals surface area (Å²) in [5, 5.41) is 5.05. The Bertz CT molecular complexity index is 1690. The number of benzene rings is 3. The summed E-state index contributed by atoms with van der Waals surface area (Å²) in [7, 11) is 0. The molecule has 0 spiro atoms. The minimum Gasteiger partial charge on any atom is -0.456 e. The molecule has 6 heteroatoms. The number of hydrogen-bond donors (Lipinski definition) is 2. The van der Waals surface area contributed by atoms with Crippen LogP contribution in [-0.2, 0) is 4.74 Å². The Morgan fingerprint density at radius 2 is 1.81 bits per heavy atom. The van der Waals surface area contributed by atoms with E-state index in [0.29, 0.717) is 28.0 Å². The zero-order valence-corrected chi connectivity index (χ0v) is 21.6. The van der Waals surface area contributed by atoms with E-state index in [2.05, 4.69) is 10.3 Å². The number of aromatic amines is 1. The van der Waals surface area contributed by atoms with Gasteiger partial charge in [0.05, 0.1) is 17.0 Å². The predicted molar refractivity (Wildman–Crippen MR) is 148 cm³/mol. The predicted octanol–water partition coefficient (Wildman–Crippen LogP) is 7.38. The van der Waals surface area contributed by atoms with Crippen LogP contribution in [0, 0.1) is 6.92 Å². The monoisotopic (exact) mass is 494 g/mol. The average Bonchev–Trinajstić information content (AvgIpc) is 3.31. The van der Waals surface area contributed by atoms with Crippen molar-refractivity contribution in [3.05, 3.63) is 99.8 Å². The van der Waals surface area contributed by atoms with Gasteiger partial charge in [0.15, 0.2) is 5.43 Å². The number of esters is 1. The molecule has 0 aliphatic heterocycles. The highest BCUT2D eigenvalue weighted by Crippen LogP contribution is 2.32. The third kappa shape index (κ3) is 5.00. The molecule has 0 aliphatic carbocycles. The van der Waals surface area contributed by atoms with E-state index in [9.17, 15) is 9.59 Å². The zero-order chi connectivity index (χ0) is 26.3. The number of aryl methyl sites for hydroxylation is 1. The molecule has 0 fully saturated rings. The molecule has 2 N–H and O–H groups in total. The number of anilines is 1. The second kappa shape index (κ2) is 9.28. The second-order valence-electron chi connectivity index (χ2n) is 10.4. The quantitative estimate of drug-likeness (QED) is 0.249. The van der Waals surface area contributed by atoms with Gasteiger partial charge in [-0.05, 0) is 75.9 Å². The van der Waals surface area contributed by atoms with Crippen LogP contribution in [0.15, 0.2) is 82.1 Å². The van der Waals surface area contributed by atoms with Crippen molar-refractivity contribution in [1.29, 1.82) is 0 Å². The number of nitrogens with one attached hydrogen (secondary N) is 2. The van der Waals surface area contributed by atoms with Crippen LogP contribution in [0.2, 0.25) is 0 Å². The summed E-state index contributed by atoms with van der Waals surface area (Å²) in [6, 6.07) is 20.3. The highest BCUT2D eigenvalue weighted by molar-refractivity contribution is 5.96. The molecule has 1 atom stereocenters. The van der Waals surface area contributed by atoms with Gasteiger partial charge in [0, 0.05) is 34.6 Å². The van der Waals surface area contributed by atoms with Gasteiger partial charge in [-0.2, -0.15) is 0 Å². The molecule has 3 aromatic carbocycles. The molecule has 0 saturated carbocycles. The topological polar surface area (TPSA) is 84.3 Å². The van der Waals surface area contributed by atoms with Crippen LogP contribution >= 0.6 is 0 Å². The normalized spacial score (nSPS) is 12.6. The van der Waals surface area contributed by atoms with Crippen molar-refractivity contribution in [2.75, 3.05) is 5.32 Å². The lowest BCUT2D eigenvalue weighted by atomic mass is 10.00. The summed E-state index contributed by atoms with van der Waals surface area (Å²) in [6.07, 6.45) is 1.88. The molecule has 0 saturated heterocycles. The van der Waals surface area contributed by atoms with Gasteiger partial charge >= 0.3 is 5.97 Å². The molecular formula is C31H30N2O4. The first kappa shape index (κ1) is 24.4. The van der Waals surface area contributed by atoms with E-state index in [4.69, 9.17) is 9.15 Å². The van der Waals surface area contributed by atoms with Crippen molar-refractivity contribution in [3.63, 3.8) is 0 Å². The third-order valence-corrected chi connectivity index (χ3v) is 6.23. The number of aromatic nitrogens is 1. The van der Waals surface area contributed by atoms with Crippen LogP contribution in [0.3, 0.4) is 0 Å². The third-order valence-electron chi connectivity index (χ3n) is 6.23. The fourth-order valence-corrected chi connectivity index (χ4v) is 4.53. The van der Waals surface area contributed by atoms with Crippen LogP contribution < -0.4 is 10.7 Å². The zero-order valence-electron chi connectivity index (χ0n) is 21.6. The van der Waals surface area contributed by atoms with E-state index in [1.165, 1.54) is 0 Å². The van der Waals surface area contributed by atoms with Gasteiger partial charge < -0.3 is 19.5 Å². The molecule has 0 radical (unpaired) electrons. The van der Waals surface area contributed by atoms with Crippen molar-refractivity contribution < 1.29 is 13.9 Å². The summed E-state index contributed by atoms with van der Waals surface area (Å²) < 4.78 is 12.0. The van der Waals surface area contributed by atoms with E-state index < -0.39 is 11.6 Å². The standard InChI is InChI=1S/C31H30N2O4/c1-18-14-23(19(2)33-25-9-7-6-8-22(25)30(35)37-31(3,4)5)29-24(15-18)27(34)17-28(36-29)21-11-10-20-12-13-32-26(20)16-21/h6-17,19,32-33H,1-5H3. The van der Waals surface area contributed by atoms with E-state index >= 15 is 0 Å². The fourth-order valence-electron chi connectivity index (χ4n) is 4.53. The maximum atomic E-state index is 13.2. The van der Waals surface area contributed by atoms with Crippen LogP contribution in [0.25, 0.3) is 33.2 Å². The largest absolute Gasteiger partial charge is 0.456 e. The van der Waals surface area contributed by atoms with E-state index in [0.717, 1.165) is 27.6 Å². The highest BCUT2D eigenvalue weighted by atomic mass is 16.6. The van der Waals surface area contributed by atoms with Crippen molar-refractivity contribution in [2.24, 2.45) is 0 Å².